The van der Waals surface area contributed by atoms with Crippen molar-refractivity contribution < 1.29 is 28.3 Å². The van der Waals surface area contributed by atoms with Crippen LogP contribution in [0.5, 0.6) is 0 Å². The summed E-state index contributed by atoms with van der Waals surface area (Å²) in [6.45, 7) is 0. The van der Waals surface area contributed by atoms with E-state index in [0.29, 0.717) is 5.58 Å². The molecule has 8 nitrogen and oxygen atoms in total. The Morgan fingerprint density at radius 1 is 1.03 bits per heavy atom. The van der Waals surface area contributed by atoms with Crippen LogP contribution < -0.4 is 10.7 Å². The van der Waals surface area contributed by atoms with Crippen LogP contribution in [0.25, 0.3) is 21.9 Å². The molecule has 1 aliphatic carbocycles. The summed E-state index contributed by atoms with van der Waals surface area (Å²) in [4.78, 5) is 51.3. The monoisotopic (exact) mass is 421 g/mol. The van der Waals surface area contributed by atoms with Crippen LogP contribution in [0.15, 0.2) is 33.5 Å². The lowest BCUT2D eigenvalue weighted by atomic mass is 9.92. The SMILES string of the molecule is COC(=O)c1c2c(c(NC3CCCCC3)c3oc4ccccc4c(=O)c13)C(=O)OC2=O. The highest BCUT2D eigenvalue weighted by atomic mass is 16.6. The van der Waals surface area contributed by atoms with E-state index in [1.165, 1.54) is 0 Å². The molecule has 0 atom stereocenters. The predicted molar refractivity (Wildman–Crippen MR) is 112 cm³/mol. The predicted octanol–water partition coefficient (Wildman–Crippen LogP) is 3.79. The van der Waals surface area contributed by atoms with Gasteiger partial charge >= 0.3 is 17.9 Å². The Morgan fingerprint density at radius 2 is 1.74 bits per heavy atom. The lowest BCUT2D eigenvalue weighted by Gasteiger charge is -2.25. The maximum absolute atomic E-state index is 13.4. The Hall–Kier alpha value is -3.68. The van der Waals surface area contributed by atoms with Crippen molar-refractivity contribution in [3.05, 3.63) is 51.2 Å². The Balaban J connectivity index is 1.94. The molecule has 2 aliphatic rings. The van der Waals surface area contributed by atoms with Gasteiger partial charge in [0.25, 0.3) is 0 Å². The molecule has 0 spiro atoms. The van der Waals surface area contributed by atoms with Gasteiger partial charge in [0.1, 0.15) is 11.1 Å². The Labute approximate surface area is 176 Å². The summed E-state index contributed by atoms with van der Waals surface area (Å²) in [5.41, 5.74) is -0.591. The minimum Gasteiger partial charge on any atom is -0.465 e. The third-order valence-electron chi connectivity index (χ3n) is 5.96. The summed E-state index contributed by atoms with van der Waals surface area (Å²) < 4.78 is 15.7. The summed E-state index contributed by atoms with van der Waals surface area (Å²) in [6.07, 6.45) is 4.91. The van der Waals surface area contributed by atoms with Crippen LogP contribution >= 0.6 is 0 Å². The Kier molecular flexibility index (Phi) is 4.50. The van der Waals surface area contributed by atoms with Crippen molar-refractivity contribution in [1.29, 1.82) is 0 Å². The first kappa shape index (κ1) is 19.3. The second-order valence-electron chi connectivity index (χ2n) is 7.78. The fraction of sp³-hybridized carbons (Fsp3) is 0.304. The quantitative estimate of drug-likeness (QED) is 0.386. The van der Waals surface area contributed by atoms with Gasteiger partial charge in [-0.1, -0.05) is 31.4 Å². The number of carbonyl (C=O) groups is 3. The molecule has 1 saturated carbocycles. The maximum atomic E-state index is 13.4. The van der Waals surface area contributed by atoms with Crippen molar-refractivity contribution in [2.75, 3.05) is 12.4 Å². The highest BCUT2D eigenvalue weighted by Crippen LogP contribution is 2.40. The molecule has 0 amide bonds. The van der Waals surface area contributed by atoms with Gasteiger partial charge in [-0.3, -0.25) is 4.79 Å². The molecule has 1 fully saturated rings. The van der Waals surface area contributed by atoms with Crippen LogP contribution in [0, 0.1) is 0 Å². The molecule has 2 heterocycles. The molecule has 31 heavy (non-hydrogen) atoms. The molecule has 0 saturated heterocycles. The molecule has 0 bridgehead atoms. The highest BCUT2D eigenvalue weighted by molar-refractivity contribution is 6.27. The Bertz CT molecular complexity index is 1330. The van der Waals surface area contributed by atoms with Gasteiger partial charge in [-0.15, -0.1) is 0 Å². The number of esters is 3. The summed E-state index contributed by atoms with van der Waals surface area (Å²) in [7, 11) is 1.14. The summed E-state index contributed by atoms with van der Waals surface area (Å²) in [6, 6.07) is 6.64. The first-order chi connectivity index (χ1) is 15.0. The van der Waals surface area contributed by atoms with E-state index in [1.54, 1.807) is 24.3 Å². The fourth-order valence-electron chi connectivity index (χ4n) is 4.52. The number of para-hydroxylation sites is 1. The van der Waals surface area contributed by atoms with Gasteiger partial charge in [0.05, 0.1) is 34.7 Å². The van der Waals surface area contributed by atoms with Crippen molar-refractivity contribution in [1.82, 2.24) is 0 Å². The number of rotatable bonds is 3. The first-order valence-corrected chi connectivity index (χ1v) is 10.2. The number of fused-ring (bicyclic) bond motifs is 3. The summed E-state index contributed by atoms with van der Waals surface area (Å²) in [5, 5.41) is 3.46. The zero-order valence-electron chi connectivity index (χ0n) is 16.8. The second kappa shape index (κ2) is 7.23. The lowest BCUT2D eigenvalue weighted by molar-refractivity contribution is 0.0437. The number of hydrogen-bond donors (Lipinski definition) is 1. The lowest BCUT2D eigenvalue weighted by Crippen LogP contribution is -2.25. The molecular weight excluding hydrogens is 402 g/mol. The van der Waals surface area contributed by atoms with E-state index in [1.807, 2.05) is 0 Å². The number of carbonyl (C=O) groups excluding carboxylic acids is 3. The molecule has 8 heteroatoms. The van der Waals surface area contributed by atoms with Crippen LogP contribution in [-0.2, 0) is 9.47 Å². The van der Waals surface area contributed by atoms with Crippen LogP contribution in [0.2, 0.25) is 0 Å². The number of nitrogens with one attached hydrogen (secondary N) is 1. The van der Waals surface area contributed by atoms with Crippen molar-refractivity contribution in [3.63, 3.8) is 0 Å². The highest BCUT2D eigenvalue weighted by Gasteiger charge is 2.41. The number of ether oxygens (including phenoxy) is 2. The van der Waals surface area contributed by atoms with Gasteiger partial charge in [-0.25, -0.2) is 14.4 Å². The van der Waals surface area contributed by atoms with E-state index >= 15 is 0 Å². The number of anilines is 1. The van der Waals surface area contributed by atoms with E-state index < -0.39 is 23.3 Å². The van der Waals surface area contributed by atoms with Crippen LogP contribution in [0.4, 0.5) is 5.69 Å². The molecular formula is C23H19NO7. The standard InChI is InChI=1S/C23H19NO7/c1-29-21(26)15-14-16(23(28)31-22(14)27)18(24-11-7-3-2-4-8-11)20-17(15)19(25)12-9-5-6-10-13(12)30-20/h5-6,9-11,24H,2-4,7-8H2,1H3. The van der Waals surface area contributed by atoms with Gasteiger partial charge in [0.2, 0.25) is 5.43 Å². The van der Waals surface area contributed by atoms with Gasteiger partial charge in [0, 0.05) is 6.04 Å². The molecule has 1 N–H and O–H groups in total. The van der Waals surface area contributed by atoms with E-state index in [2.05, 4.69) is 5.32 Å². The number of hydrogen-bond acceptors (Lipinski definition) is 8. The number of cyclic esters (lactones) is 2. The smallest absolute Gasteiger partial charge is 0.349 e. The zero-order chi connectivity index (χ0) is 21.7. The molecule has 5 rings (SSSR count). The third kappa shape index (κ3) is 2.90. The molecule has 0 radical (unpaired) electrons. The summed E-state index contributed by atoms with van der Waals surface area (Å²) >= 11 is 0. The van der Waals surface area contributed by atoms with Crippen molar-refractivity contribution in [3.8, 4) is 0 Å². The molecule has 158 valence electrons. The van der Waals surface area contributed by atoms with E-state index in [9.17, 15) is 19.2 Å². The summed E-state index contributed by atoms with van der Waals surface area (Å²) in [5.74, 6) is -2.79. The normalized spacial score (nSPS) is 16.4. The third-order valence-corrected chi connectivity index (χ3v) is 5.96. The van der Waals surface area contributed by atoms with Crippen molar-refractivity contribution in [2.24, 2.45) is 0 Å². The second-order valence-corrected chi connectivity index (χ2v) is 7.78. The molecule has 1 aliphatic heterocycles. The molecule has 0 unspecified atom stereocenters. The average Bonchev–Trinajstić information content (AvgIpc) is 3.08. The van der Waals surface area contributed by atoms with Crippen LogP contribution in [0.1, 0.15) is 63.2 Å². The van der Waals surface area contributed by atoms with E-state index in [4.69, 9.17) is 13.9 Å². The van der Waals surface area contributed by atoms with Crippen molar-refractivity contribution in [2.45, 2.75) is 38.1 Å². The molecule has 2 aromatic carbocycles. The maximum Gasteiger partial charge on any atom is 0.349 e. The molecule has 1 aromatic heterocycles. The van der Waals surface area contributed by atoms with Crippen molar-refractivity contribution >= 4 is 45.5 Å². The fourth-order valence-corrected chi connectivity index (χ4v) is 4.52. The molecule has 3 aromatic rings. The van der Waals surface area contributed by atoms with E-state index in [-0.39, 0.29) is 44.8 Å². The van der Waals surface area contributed by atoms with E-state index in [0.717, 1.165) is 39.2 Å². The Morgan fingerprint density at radius 3 is 2.48 bits per heavy atom. The minimum atomic E-state index is -0.985. The van der Waals surface area contributed by atoms with Gasteiger partial charge < -0.3 is 19.2 Å². The average molecular weight is 421 g/mol. The van der Waals surface area contributed by atoms with Gasteiger partial charge in [-0.05, 0) is 25.0 Å². The number of benzene rings is 2. The van der Waals surface area contributed by atoms with Gasteiger partial charge in [-0.2, -0.15) is 0 Å². The van der Waals surface area contributed by atoms with Gasteiger partial charge in [0.15, 0.2) is 5.58 Å². The topological polar surface area (TPSA) is 112 Å². The zero-order valence-corrected chi connectivity index (χ0v) is 16.8. The minimum absolute atomic E-state index is 0.0327. The van der Waals surface area contributed by atoms with Crippen LogP contribution in [-0.4, -0.2) is 31.1 Å². The van der Waals surface area contributed by atoms with Crippen LogP contribution in [0.3, 0.4) is 0 Å². The first-order valence-electron chi connectivity index (χ1n) is 10.2. The number of methoxy groups -OCH3 is 1. The largest absolute Gasteiger partial charge is 0.465 e.